The van der Waals surface area contributed by atoms with E-state index in [1.807, 2.05) is 27.0 Å². The Morgan fingerprint density at radius 2 is 2.13 bits per heavy atom. The topological polar surface area (TPSA) is 90.0 Å². The van der Waals surface area contributed by atoms with E-state index in [1.54, 1.807) is 12.5 Å². The predicted molar refractivity (Wildman–Crippen MR) is 84.4 cm³/mol. The molecule has 0 atom stereocenters. The number of imidazole rings is 1. The standard InChI is InChI=1S/C15H22N4O3S/c1-15(2,3)14-17-9-13(22-14)23(20,21)18-8-11-6-12(7-11)19-5-4-16-10-19/h4-5,9-12,18H,6-8H2,1-3H3. The van der Waals surface area contributed by atoms with Crippen molar-refractivity contribution in [3.8, 4) is 0 Å². The van der Waals surface area contributed by atoms with Crippen LogP contribution in [0.4, 0.5) is 0 Å². The molecule has 0 saturated heterocycles. The van der Waals surface area contributed by atoms with E-state index in [2.05, 4.69) is 19.3 Å². The lowest BCUT2D eigenvalue weighted by molar-refractivity contribution is 0.199. The van der Waals surface area contributed by atoms with Crippen molar-refractivity contribution in [1.29, 1.82) is 0 Å². The summed E-state index contributed by atoms with van der Waals surface area (Å²) < 4.78 is 34.6. The third kappa shape index (κ3) is 3.48. The van der Waals surface area contributed by atoms with E-state index >= 15 is 0 Å². The molecule has 8 heteroatoms. The lowest BCUT2D eigenvalue weighted by Crippen LogP contribution is -2.36. The Morgan fingerprint density at radius 1 is 1.39 bits per heavy atom. The third-order valence-corrected chi connectivity index (χ3v) is 5.38. The highest BCUT2D eigenvalue weighted by atomic mass is 32.2. The summed E-state index contributed by atoms with van der Waals surface area (Å²) in [5.41, 5.74) is -0.320. The van der Waals surface area contributed by atoms with Crippen LogP contribution in [-0.4, -0.2) is 29.5 Å². The first-order chi connectivity index (χ1) is 10.8. The monoisotopic (exact) mass is 338 g/mol. The molecule has 0 spiro atoms. The summed E-state index contributed by atoms with van der Waals surface area (Å²) >= 11 is 0. The molecule has 0 radical (unpaired) electrons. The van der Waals surface area contributed by atoms with Gasteiger partial charge in [0.25, 0.3) is 15.1 Å². The van der Waals surface area contributed by atoms with E-state index in [-0.39, 0.29) is 10.5 Å². The Balaban J connectivity index is 1.55. The number of sulfonamides is 1. The van der Waals surface area contributed by atoms with Crippen molar-refractivity contribution in [1.82, 2.24) is 19.3 Å². The largest absolute Gasteiger partial charge is 0.427 e. The smallest absolute Gasteiger partial charge is 0.275 e. The van der Waals surface area contributed by atoms with Crippen molar-refractivity contribution >= 4 is 10.0 Å². The summed E-state index contributed by atoms with van der Waals surface area (Å²) in [4.78, 5) is 8.09. The van der Waals surface area contributed by atoms with Crippen LogP contribution in [0.5, 0.6) is 0 Å². The molecule has 7 nitrogen and oxygen atoms in total. The van der Waals surface area contributed by atoms with Crippen molar-refractivity contribution < 1.29 is 12.8 Å². The van der Waals surface area contributed by atoms with E-state index in [9.17, 15) is 8.42 Å². The first-order valence-electron chi connectivity index (χ1n) is 7.69. The van der Waals surface area contributed by atoms with Gasteiger partial charge in [0, 0.05) is 30.4 Å². The molecule has 2 aromatic heterocycles. The second-order valence-electron chi connectivity index (χ2n) is 7.09. The number of aromatic nitrogens is 3. The second-order valence-corrected chi connectivity index (χ2v) is 8.79. The van der Waals surface area contributed by atoms with Crippen molar-refractivity contribution in [3.63, 3.8) is 0 Å². The molecule has 0 unspecified atom stereocenters. The summed E-state index contributed by atoms with van der Waals surface area (Å²) in [5, 5.41) is -0.118. The summed E-state index contributed by atoms with van der Waals surface area (Å²) in [6.45, 7) is 6.19. The molecule has 23 heavy (non-hydrogen) atoms. The van der Waals surface area contributed by atoms with Crippen LogP contribution in [0, 0.1) is 5.92 Å². The summed E-state index contributed by atoms with van der Waals surface area (Å²) in [7, 11) is -3.64. The van der Waals surface area contributed by atoms with E-state index < -0.39 is 10.0 Å². The number of hydrogen-bond acceptors (Lipinski definition) is 5. The zero-order chi connectivity index (χ0) is 16.7. The maximum Gasteiger partial charge on any atom is 0.275 e. The lowest BCUT2D eigenvalue weighted by atomic mass is 9.80. The minimum atomic E-state index is -3.64. The molecular weight excluding hydrogens is 316 g/mol. The average Bonchev–Trinajstić information content (AvgIpc) is 3.07. The Labute approximate surface area is 136 Å². The molecule has 0 aromatic carbocycles. The van der Waals surface area contributed by atoms with Crippen molar-refractivity contribution in [3.05, 3.63) is 30.8 Å². The molecule has 0 amide bonds. The fourth-order valence-electron chi connectivity index (χ4n) is 2.63. The molecule has 2 heterocycles. The number of rotatable bonds is 5. The summed E-state index contributed by atoms with van der Waals surface area (Å²) in [5.74, 6) is 0.754. The molecule has 2 aromatic rings. The highest BCUT2D eigenvalue weighted by Gasteiger charge is 2.32. The van der Waals surface area contributed by atoms with Crippen LogP contribution in [0.2, 0.25) is 0 Å². The number of nitrogens with zero attached hydrogens (tertiary/aromatic N) is 3. The Kier molecular flexibility index (Phi) is 4.05. The lowest BCUT2D eigenvalue weighted by Gasteiger charge is -2.36. The molecule has 1 saturated carbocycles. The van der Waals surface area contributed by atoms with Crippen LogP contribution in [0.3, 0.4) is 0 Å². The van der Waals surface area contributed by atoms with Gasteiger partial charge in [-0.15, -0.1) is 0 Å². The second kappa shape index (κ2) is 5.76. The van der Waals surface area contributed by atoms with E-state index in [0.29, 0.717) is 24.4 Å². The van der Waals surface area contributed by atoms with Gasteiger partial charge >= 0.3 is 0 Å². The van der Waals surface area contributed by atoms with Crippen LogP contribution in [0.15, 0.2) is 34.4 Å². The van der Waals surface area contributed by atoms with Gasteiger partial charge in [-0.05, 0) is 18.8 Å². The zero-order valence-electron chi connectivity index (χ0n) is 13.6. The Hall–Kier alpha value is -1.67. The van der Waals surface area contributed by atoms with Gasteiger partial charge in [0.15, 0.2) is 0 Å². The summed E-state index contributed by atoms with van der Waals surface area (Å²) in [6, 6.07) is 0.421. The molecule has 3 rings (SSSR count). The van der Waals surface area contributed by atoms with Gasteiger partial charge in [-0.2, -0.15) is 0 Å². The van der Waals surface area contributed by atoms with Gasteiger partial charge in [-0.3, -0.25) is 0 Å². The molecule has 1 aliphatic carbocycles. The van der Waals surface area contributed by atoms with Gasteiger partial charge in [-0.25, -0.2) is 23.1 Å². The minimum Gasteiger partial charge on any atom is -0.427 e. The SMILES string of the molecule is CC(C)(C)c1ncc(S(=O)(=O)NCC2CC(n3ccnc3)C2)o1. The van der Waals surface area contributed by atoms with Crippen LogP contribution in [0.1, 0.15) is 45.5 Å². The Bertz CT molecular complexity index is 753. The molecule has 126 valence electrons. The van der Waals surface area contributed by atoms with Gasteiger partial charge in [0.2, 0.25) is 5.89 Å². The highest BCUT2D eigenvalue weighted by molar-refractivity contribution is 7.89. The molecule has 1 N–H and O–H groups in total. The molecule has 0 bridgehead atoms. The van der Waals surface area contributed by atoms with Crippen molar-refractivity contribution in [2.45, 2.75) is 50.2 Å². The fraction of sp³-hybridized carbons (Fsp3) is 0.600. The third-order valence-electron chi connectivity index (χ3n) is 4.11. The predicted octanol–water partition coefficient (Wildman–Crippen LogP) is 2.10. The molecule has 0 aliphatic heterocycles. The quantitative estimate of drug-likeness (QED) is 0.901. The number of nitrogens with one attached hydrogen (secondary N) is 1. The molecule has 1 fully saturated rings. The van der Waals surface area contributed by atoms with Crippen LogP contribution in [0.25, 0.3) is 0 Å². The fourth-order valence-corrected chi connectivity index (χ4v) is 3.60. The molecular formula is C15H22N4O3S. The van der Waals surface area contributed by atoms with Crippen LogP contribution in [-0.2, 0) is 15.4 Å². The van der Waals surface area contributed by atoms with Gasteiger partial charge in [-0.1, -0.05) is 20.8 Å². The highest BCUT2D eigenvalue weighted by Crippen LogP contribution is 2.37. The van der Waals surface area contributed by atoms with Gasteiger partial charge in [0.1, 0.15) is 0 Å². The van der Waals surface area contributed by atoms with E-state index in [1.165, 1.54) is 6.20 Å². The van der Waals surface area contributed by atoms with E-state index in [0.717, 1.165) is 12.8 Å². The van der Waals surface area contributed by atoms with Crippen LogP contribution >= 0.6 is 0 Å². The number of hydrogen-bond donors (Lipinski definition) is 1. The van der Waals surface area contributed by atoms with Crippen LogP contribution < -0.4 is 4.72 Å². The first kappa shape index (κ1) is 16.2. The first-order valence-corrected chi connectivity index (χ1v) is 9.17. The normalized spacial score (nSPS) is 22.0. The van der Waals surface area contributed by atoms with Gasteiger partial charge < -0.3 is 8.98 Å². The molecule has 1 aliphatic rings. The maximum absolute atomic E-state index is 12.3. The summed E-state index contributed by atoms with van der Waals surface area (Å²) in [6.07, 6.45) is 8.66. The zero-order valence-corrected chi connectivity index (χ0v) is 14.4. The van der Waals surface area contributed by atoms with Gasteiger partial charge in [0.05, 0.1) is 12.5 Å². The van der Waals surface area contributed by atoms with Crippen molar-refractivity contribution in [2.24, 2.45) is 5.92 Å². The minimum absolute atomic E-state index is 0.118. The average molecular weight is 338 g/mol. The van der Waals surface area contributed by atoms with Crippen molar-refractivity contribution in [2.75, 3.05) is 6.54 Å². The number of oxazole rings is 1. The van der Waals surface area contributed by atoms with E-state index in [4.69, 9.17) is 4.42 Å². The maximum atomic E-state index is 12.3. The Morgan fingerprint density at radius 3 is 2.70 bits per heavy atom.